The standard InChI is InChI=1S/C14H10F2N2O/c15-11-3-9(4-12(16)6-11)8-19-14-2-1-13(18)5-10(14)7-17/h1-6H,8,18H2. The van der Waals surface area contributed by atoms with E-state index in [2.05, 4.69) is 0 Å². The van der Waals surface area contributed by atoms with Gasteiger partial charge in [0.15, 0.2) is 0 Å². The van der Waals surface area contributed by atoms with Crippen LogP contribution in [0.2, 0.25) is 0 Å². The van der Waals surface area contributed by atoms with Gasteiger partial charge in [-0.15, -0.1) is 0 Å². The quantitative estimate of drug-likeness (QED) is 0.863. The molecule has 0 saturated carbocycles. The second-order valence-corrected chi connectivity index (χ2v) is 3.93. The van der Waals surface area contributed by atoms with Gasteiger partial charge in [-0.25, -0.2) is 8.78 Å². The van der Waals surface area contributed by atoms with Crippen molar-refractivity contribution in [2.45, 2.75) is 6.61 Å². The summed E-state index contributed by atoms with van der Waals surface area (Å²) < 4.78 is 31.3. The molecule has 3 nitrogen and oxygen atoms in total. The van der Waals surface area contributed by atoms with E-state index in [0.717, 1.165) is 6.07 Å². The van der Waals surface area contributed by atoms with Gasteiger partial charge in [-0.3, -0.25) is 0 Å². The monoisotopic (exact) mass is 260 g/mol. The van der Waals surface area contributed by atoms with E-state index in [9.17, 15) is 8.78 Å². The minimum Gasteiger partial charge on any atom is -0.488 e. The summed E-state index contributed by atoms with van der Waals surface area (Å²) in [7, 11) is 0. The van der Waals surface area contributed by atoms with Gasteiger partial charge < -0.3 is 10.5 Å². The van der Waals surface area contributed by atoms with Crippen molar-refractivity contribution in [3.8, 4) is 11.8 Å². The normalized spacial score (nSPS) is 9.95. The van der Waals surface area contributed by atoms with Crippen molar-refractivity contribution in [1.29, 1.82) is 5.26 Å². The van der Waals surface area contributed by atoms with Crippen LogP contribution in [0.5, 0.6) is 5.75 Å². The highest BCUT2D eigenvalue weighted by Crippen LogP contribution is 2.21. The zero-order chi connectivity index (χ0) is 13.8. The topological polar surface area (TPSA) is 59.0 Å². The largest absolute Gasteiger partial charge is 0.488 e. The van der Waals surface area contributed by atoms with Gasteiger partial charge in [0.25, 0.3) is 0 Å². The highest BCUT2D eigenvalue weighted by Gasteiger charge is 2.06. The van der Waals surface area contributed by atoms with E-state index in [0.29, 0.717) is 17.0 Å². The Morgan fingerprint density at radius 2 is 1.79 bits per heavy atom. The second kappa shape index (κ2) is 5.36. The molecule has 96 valence electrons. The van der Waals surface area contributed by atoms with E-state index in [1.807, 2.05) is 6.07 Å². The van der Waals surface area contributed by atoms with Crippen LogP contribution in [0.1, 0.15) is 11.1 Å². The SMILES string of the molecule is N#Cc1cc(N)ccc1OCc1cc(F)cc(F)c1. The molecule has 0 fully saturated rings. The van der Waals surface area contributed by atoms with Gasteiger partial charge in [0.2, 0.25) is 0 Å². The predicted octanol–water partition coefficient (Wildman–Crippen LogP) is 3.00. The lowest BCUT2D eigenvalue weighted by atomic mass is 10.2. The van der Waals surface area contributed by atoms with E-state index in [4.69, 9.17) is 15.7 Å². The number of nitrogen functional groups attached to an aromatic ring is 1. The van der Waals surface area contributed by atoms with Crippen molar-refractivity contribution < 1.29 is 13.5 Å². The molecule has 0 aliphatic rings. The van der Waals surface area contributed by atoms with Crippen molar-refractivity contribution in [1.82, 2.24) is 0 Å². The molecular formula is C14H10F2N2O. The Labute approximate surface area is 108 Å². The smallest absolute Gasteiger partial charge is 0.137 e. The number of hydrogen-bond donors (Lipinski definition) is 1. The molecule has 19 heavy (non-hydrogen) atoms. The molecule has 0 aromatic heterocycles. The van der Waals surface area contributed by atoms with Crippen LogP contribution >= 0.6 is 0 Å². The van der Waals surface area contributed by atoms with Crippen LogP contribution in [-0.2, 0) is 6.61 Å². The van der Waals surface area contributed by atoms with Crippen LogP contribution in [0.15, 0.2) is 36.4 Å². The fraction of sp³-hybridized carbons (Fsp3) is 0.0714. The van der Waals surface area contributed by atoms with Crippen molar-refractivity contribution in [3.63, 3.8) is 0 Å². The van der Waals surface area contributed by atoms with E-state index in [1.54, 1.807) is 12.1 Å². The molecule has 2 aromatic rings. The first-order valence-corrected chi connectivity index (χ1v) is 5.46. The van der Waals surface area contributed by atoms with Crippen LogP contribution in [0.4, 0.5) is 14.5 Å². The first-order chi connectivity index (χ1) is 9.08. The van der Waals surface area contributed by atoms with E-state index < -0.39 is 11.6 Å². The molecule has 0 bridgehead atoms. The number of hydrogen-bond acceptors (Lipinski definition) is 3. The zero-order valence-corrected chi connectivity index (χ0v) is 9.86. The van der Waals surface area contributed by atoms with Gasteiger partial charge in [0, 0.05) is 11.8 Å². The highest BCUT2D eigenvalue weighted by atomic mass is 19.1. The lowest BCUT2D eigenvalue weighted by Crippen LogP contribution is -1.99. The van der Waals surface area contributed by atoms with Crippen molar-refractivity contribution >= 4 is 5.69 Å². The molecule has 0 amide bonds. The average molecular weight is 260 g/mol. The first-order valence-electron chi connectivity index (χ1n) is 5.46. The van der Waals surface area contributed by atoms with Crippen LogP contribution in [0, 0.1) is 23.0 Å². The second-order valence-electron chi connectivity index (χ2n) is 3.93. The maximum absolute atomic E-state index is 13.0. The fourth-order valence-corrected chi connectivity index (χ4v) is 1.62. The molecule has 0 heterocycles. The van der Waals surface area contributed by atoms with Crippen molar-refractivity contribution in [3.05, 3.63) is 59.2 Å². The van der Waals surface area contributed by atoms with Gasteiger partial charge in [-0.1, -0.05) is 0 Å². The predicted molar refractivity (Wildman–Crippen MR) is 66.3 cm³/mol. The summed E-state index contributed by atoms with van der Waals surface area (Å²) in [4.78, 5) is 0. The van der Waals surface area contributed by atoms with Gasteiger partial charge in [-0.2, -0.15) is 5.26 Å². The first kappa shape index (κ1) is 12.8. The number of halogens is 2. The van der Waals surface area contributed by atoms with Crippen LogP contribution in [-0.4, -0.2) is 0 Å². The van der Waals surface area contributed by atoms with Crippen molar-refractivity contribution in [2.75, 3.05) is 5.73 Å². The van der Waals surface area contributed by atoms with Crippen LogP contribution in [0.3, 0.4) is 0 Å². The lowest BCUT2D eigenvalue weighted by Gasteiger charge is -2.08. The van der Waals surface area contributed by atoms with E-state index >= 15 is 0 Å². The van der Waals surface area contributed by atoms with Crippen LogP contribution in [0.25, 0.3) is 0 Å². The number of anilines is 1. The summed E-state index contributed by atoms with van der Waals surface area (Å²) >= 11 is 0. The Balaban J connectivity index is 2.17. The average Bonchev–Trinajstić information content (AvgIpc) is 2.36. The number of rotatable bonds is 3. The molecule has 0 unspecified atom stereocenters. The zero-order valence-electron chi connectivity index (χ0n) is 9.86. The number of benzene rings is 2. The summed E-state index contributed by atoms with van der Waals surface area (Å²) in [5.74, 6) is -1.02. The minimum atomic E-state index is -0.670. The van der Waals surface area contributed by atoms with Gasteiger partial charge in [-0.05, 0) is 35.9 Å². The Morgan fingerprint density at radius 1 is 1.11 bits per heavy atom. The van der Waals surface area contributed by atoms with Gasteiger partial charge >= 0.3 is 0 Å². The molecule has 0 radical (unpaired) electrons. The summed E-state index contributed by atoms with van der Waals surface area (Å²) in [6, 6.07) is 9.68. The number of nitriles is 1. The molecule has 2 rings (SSSR count). The maximum atomic E-state index is 13.0. The Kier molecular flexibility index (Phi) is 3.62. The Bertz CT molecular complexity index is 630. The summed E-state index contributed by atoms with van der Waals surface area (Å²) in [6.07, 6.45) is 0. The van der Waals surface area contributed by atoms with E-state index in [1.165, 1.54) is 18.2 Å². The number of ether oxygens (including phenoxy) is 1. The summed E-state index contributed by atoms with van der Waals surface area (Å²) in [6.45, 7) is -0.0344. The van der Waals surface area contributed by atoms with Crippen molar-refractivity contribution in [2.24, 2.45) is 0 Å². The third-order valence-electron chi connectivity index (χ3n) is 2.44. The molecule has 0 atom stereocenters. The molecule has 0 saturated heterocycles. The molecule has 0 spiro atoms. The lowest BCUT2D eigenvalue weighted by molar-refractivity contribution is 0.304. The molecule has 0 aliphatic carbocycles. The summed E-state index contributed by atoms with van der Waals surface area (Å²) in [5.41, 5.74) is 6.61. The van der Waals surface area contributed by atoms with E-state index in [-0.39, 0.29) is 12.2 Å². The molecule has 0 aliphatic heterocycles. The Hall–Kier alpha value is -2.61. The highest BCUT2D eigenvalue weighted by molar-refractivity contribution is 5.53. The third-order valence-corrected chi connectivity index (χ3v) is 2.44. The number of nitrogens with two attached hydrogens (primary N) is 1. The maximum Gasteiger partial charge on any atom is 0.137 e. The molecular weight excluding hydrogens is 250 g/mol. The minimum absolute atomic E-state index is 0.0344. The molecule has 2 aromatic carbocycles. The van der Waals surface area contributed by atoms with Crippen LogP contribution < -0.4 is 10.5 Å². The number of nitrogens with zero attached hydrogens (tertiary/aromatic N) is 1. The van der Waals surface area contributed by atoms with Gasteiger partial charge in [0.1, 0.15) is 30.1 Å². The molecule has 5 heteroatoms. The Morgan fingerprint density at radius 3 is 2.42 bits per heavy atom. The summed E-state index contributed by atoms with van der Waals surface area (Å²) in [5, 5.41) is 8.92. The third kappa shape index (κ3) is 3.19. The fourth-order valence-electron chi connectivity index (χ4n) is 1.62. The van der Waals surface area contributed by atoms with Gasteiger partial charge in [0.05, 0.1) is 5.56 Å². The molecule has 2 N–H and O–H groups in total.